The van der Waals surface area contributed by atoms with Gasteiger partial charge in [0.05, 0.1) is 5.75 Å². The zero-order valence-electron chi connectivity index (χ0n) is 14.0. The minimum Gasteiger partial charge on any atom is -0.360 e. The Labute approximate surface area is 173 Å². The fourth-order valence-electron chi connectivity index (χ4n) is 2.24. The van der Waals surface area contributed by atoms with Crippen LogP contribution in [0.25, 0.3) is 11.5 Å². The molecule has 0 radical (unpaired) electrons. The minimum atomic E-state index is 0.482. The first-order valence-electron chi connectivity index (χ1n) is 8.07. The third-order valence-electron chi connectivity index (χ3n) is 3.52. The third-order valence-corrected chi connectivity index (χ3v) is 6.72. The maximum absolute atomic E-state index is 5.90. The number of halogens is 1. The Morgan fingerprint density at radius 2 is 2.04 bits per heavy atom. The number of nitrogens with one attached hydrogen (secondary N) is 1. The molecule has 3 aromatic heterocycles. The van der Waals surface area contributed by atoms with E-state index in [1.54, 1.807) is 23.5 Å². The minimum absolute atomic E-state index is 0.482. The lowest BCUT2D eigenvalue weighted by Gasteiger charge is -1.98. The van der Waals surface area contributed by atoms with Crippen molar-refractivity contribution < 1.29 is 4.52 Å². The van der Waals surface area contributed by atoms with Crippen LogP contribution in [0.5, 0.6) is 0 Å². The van der Waals surface area contributed by atoms with Gasteiger partial charge >= 0.3 is 0 Å². The van der Waals surface area contributed by atoms with Gasteiger partial charge in [-0.15, -0.1) is 21.5 Å². The van der Waals surface area contributed by atoms with Gasteiger partial charge in [0.2, 0.25) is 5.13 Å². The van der Waals surface area contributed by atoms with E-state index in [9.17, 15) is 0 Å². The summed E-state index contributed by atoms with van der Waals surface area (Å²) in [5, 5.41) is 19.3. The lowest BCUT2D eigenvalue weighted by molar-refractivity contribution is 0.425. The van der Waals surface area contributed by atoms with Crippen LogP contribution in [0.15, 0.2) is 50.6 Å². The van der Waals surface area contributed by atoms with E-state index in [1.807, 2.05) is 12.1 Å². The number of thioether (sulfide) groups is 1. The molecular formula is C17H14ClN5OS3. The zero-order valence-corrected chi connectivity index (χ0v) is 17.2. The predicted octanol–water partition coefficient (Wildman–Crippen LogP) is 5.25. The van der Waals surface area contributed by atoms with Crippen LogP contribution in [-0.2, 0) is 12.2 Å². The summed E-state index contributed by atoms with van der Waals surface area (Å²) in [6.45, 7) is 0.842. The van der Waals surface area contributed by atoms with Gasteiger partial charge < -0.3 is 9.84 Å². The Hall–Kier alpha value is -1.94. The molecule has 6 nitrogen and oxygen atoms in total. The molecule has 0 bridgehead atoms. The maximum Gasteiger partial charge on any atom is 0.257 e. The first kappa shape index (κ1) is 18.4. The fraction of sp³-hybridized carbons (Fsp3) is 0.176. The summed E-state index contributed by atoms with van der Waals surface area (Å²) in [6, 6.07) is 11.5. The fourth-order valence-corrected chi connectivity index (χ4v) is 4.69. The van der Waals surface area contributed by atoms with Gasteiger partial charge in [0.25, 0.3) is 5.89 Å². The van der Waals surface area contributed by atoms with Crippen molar-refractivity contribution in [3.63, 3.8) is 0 Å². The molecule has 1 aromatic carbocycles. The Bertz CT molecular complexity index is 984. The van der Waals surface area contributed by atoms with Crippen LogP contribution in [0.1, 0.15) is 10.7 Å². The summed E-state index contributed by atoms with van der Waals surface area (Å²) in [5.74, 6) is 1.67. The van der Waals surface area contributed by atoms with E-state index in [-0.39, 0.29) is 0 Å². The van der Waals surface area contributed by atoms with Crippen molar-refractivity contribution in [2.45, 2.75) is 16.5 Å². The highest BCUT2D eigenvalue weighted by Crippen LogP contribution is 2.28. The van der Waals surface area contributed by atoms with Gasteiger partial charge in [0.1, 0.15) is 0 Å². The quantitative estimate of drug-likeness (QED) is 0.378. The van der Waals surface area contributed by atoms with Crippen LogP contribution in [0, 0.1) is 0 Å². The normalized spacial score (nSPS) is 11.0. The number of hydrogen-bond acceptors (Lipinski definition) is 9. The summed E-state index contributed by atoms with van der Waals surface area (Å²) in [4.78, 5) is 5.77. The molecule has 27 heavy (non-hydrogen) atoms. The summed E-state index contributed by atoms with van der Waals surface area (Å²) < 4.78 is 6.18. The monoisotopic (exact) mass is 435 g/mol. The van der Waals surface area contributed by atoms with Crippen LogP contribution in [0.3, 0.4) is 0 Å². The Morgan fingerprint density at radius 1 is 1.15 bits per heavy atom. The van der Waals surface area contributed by atoms with Crippen molar-refractivity contribution in [3.8, 4) is 11.5 Å². The van der Waals surface area contributed by atoms with Crippen LogP contribution >= 0.6 is 46.0 Å². The Morgan fingerprint density at radius 3 is 2.85 bits per heavy atom. The molecule has 3 heterocycles. The van der Waals surface area contributed by atoms with Crippen LogP contribution in [0.2, 0.25) is 5.02 Å². The van der Waals surface area contributed by atoms with Gasteiger partial charge in [-0.2, -0.15) is 4.98 Å². The standard InChI is InChI=1S/C17H14ClN5OS3/c18-12-5-3-11(4-6-12)15-20-14(23-24-15)10-26-17-22-21-16(27-17)19-8-7-13-2-1-9-25-13/h1-6,9H,7-8,10H2,(H,19,21). The van der Waals surface area contributed by atoms with Crippen LogP contribution in [0.4, 0.5) is 5.13 Å². The summed E-state index contributed by atoms with van der Waals surface area (Å²) >= 11 is 10.7. The second kappa shape index (κ2) is 8.83. The number of benzene rings is 1. The van der Waals surface area contributed by atoms with Crippen molar-refractivity contribution >= 4 is 51.2 Å². The van der Waals surface area contributed by atoms with Gasteiger partial charge in [-0.3, -0.25) is 0 Å². The molecule has 0 saturated carbocycles. The van der Waals surface area contributed by atoms with E-state index < -0.39 is 0 Å². The molecule has 0 unspecified atom stereocenters. The van der Waals surface area contributed by atoms with E-state index >= 15 is 0 Å². The highest BCUT2D eigenvalue weighted by Gasteiger charge is 2.11. The van der Waals surface area contributed by atoms with Gasteiger partial charge in [-0.05, 0) is 42.1 Å². The van der Waals surface area contributed by atoms with Crippen molar-refractivity contribution in [2.24, 2.45) is 0 Å². The zero-order chi connectivity index (χ0) is 18.5. The van der Waals surface area contributed by atoms with E-state index in [2.05, 4.69) is 43.2 Å². The second-order valence-electron chi connectivity index (χ2n) is 5.44. The van der Waals surface area contributed by atoms with Crippen LogP contribution < -0.4 is 5.32 Å². The van der Waals surface area contributed by atoms with Gasteiger partial charge in [-0.1, -0.05) is 45.9 Å². The van der Waals surface area contributed by atoms with Crippen LogP contribution in [-0.4, -0.2) is 26.9 Å². The van der Waals surface area contributed by atoms with Crippen molar-refractivity contribution in [1.29, 1.82) is 0 Å². The number of hydrogen-bond donors (Lipinski definition) is 1. The molecule has 0 saturated heterocycles. The molecule has 0 spiro atoms. The summed E-state index contributed by atoms with van der Waals surface area (Å²) in [5.41, 5.74) is 0.844. The smallest absolute Gasteiger partial charge is 0.257 e. The van der Waals surface area contributed by atoms with Crippen molar-refractivity contribution in [1.82, 2.24) is 20.3 Å². The second-order valence-corrected chi connectivity index (χ2v) is 9.11. The van der Waals surface area contributed by atoms with E-state index in [0.717, 1.165) is 28.0 Å². The van der Waals surface area contributed by atoms with E-state index in [0.29, 0.717) is 22.5 Å². The molecule has 0 fully saturated rings. The Balaban J connectivity index is 1.28. The summed E-state index contributed by atoms with van der Waals surface area (Å²) in [6.07, 6.45) is 0.982. The number of nitrogens with zero attached hydrogens (tertiary/aromatic N) is 4. The highest BCUT2D eigenvalue weighted by atomic mass is 35.5. The Kier molecular flexibility index (Phi) is 6.03. The molecule has 4 rings (SSSR count). The molecule has 138 valence electrons. The third kappa shape index (κ3) is 5.07. The van der Waals surface area contributed by atoms with Gasteiger partial charge in [0, 0.05) is 22.0 Å². The van der Waals surface area contributed by atoms with Crippen molar-refractivity contribution in [2.75, 3.05) is 11.9 Å². The molecule has 10 heteroatoms. The average molecular weight is 436 g/mol. The van der Waals surface area contributed by atoms with E-state index in [4.69, 9.17) is 16.1 Å². The molecule has 0 aliphatic heterocycles. The highest BCUT2D eigenvalue weighted by molar-refractivity contribution is 8.00. The maximum atomic E-state index is 5.90. The molecule has 1 N–H and O–H groups in total. The molecule has 0 amide bonds. The molecular weight excluding hydrogens is 422 g/mol. The average Bonchev–Trinajstić information content (AvgIpc) is 3.43. The van der Waals surface area contributed by atoms with Crippen molar-refractivity contribution in [3.05, 3.63) is 57.5 Å². The molecule has 0 aliphatic carbocycles. The largest absolute Gasteiger partial charge is 0.360 e. The number of thiophene rings is 1. The first-order valence-corrected chi connectivity index (χ1v) is 11.1. The number of aromatic nitrogens is 4. The lowest BCUT2D eigenvalue weighted by Crippen LogP contribution is -2.03. The van der Waals surface area contributed by atoms with Gasteiger partial charge in [-0.25, -0.2) is 0 Å². The summed E-state index contributed by atoms with van der Waals surface area (Å²) in [7, 11) is 0. The SMILES string of the molecule is Clc1ccc(-c2nc(CSc3nnc(NCCc4cccs4)s3)no2)cc1. The van der Waals surface area contributed by atoms with Gasteiger partial charge in [0.15, 0.2) is 10.2 Å². The topological polar surface area (TPSA) is 76.7 Å². The first-order chi connectivity index (χ1) is 13.3. The van der Waals surface area contributed by atoms with E-state index in [1.165, 1.54) is 28.0 Å². The lowest BCUT2D eigenvalue weighted by atomic mass is 10.2. The molecule has 0 atom stereocenters. The number of anilines is 1. The predicted molar refractivity (Wildman–Crippen MR) is 111 cm³/mol. The molecule has 4 aromatic rings. The number of rotatable bonds is 8. The molecule has 0 aliphatic rings.